The van der Waals surface area contributed by atoms with Crippen molar-refractivity contribution in [2.24, 2.45) is 0 Å². The molecule has 0 radical (unpaired) electrons. The number of ether oxygens (including phenoxy) is 2. The topological polar surface area (TPSA) is 108 Å². The van der Waals surface area contributed by atoms with Gasteiger partial charge in [-0.3, -0.25) is 0 Å². The molecule has 8 heteroatoms. The maximum Gasteiger partial charge on any atom is 0.165 e. The van der Waals surface area contributed by atoms with Crippen LogP contribution in [-0.2, 0) is 9.47 Å². The lowest BCUT2D eigenvalue weighted by molar-refractivity contribution is 0.0173. The minimum atomic E-state index is -0.565. The Balaban J connectivity index is 1.77. The molecule has 4 rings (SSSR count). The predicted octanol–water partition coefficient (Wildman–Crippen LogP) is -0.892. The van der Waals surface area contributed by atoms with E-state index >= 15 is 0 Å². The first-order chi connectivity index (χ1) is 9.25. The first kappa shape index (κ1) is 11.1. The fourth-order valence-electron chi connectivity index (χ4n) is 2.81. The number of nitrogen functional groups attached to an aromatic ring is 1. The van der Waals surface area contributed by atoms with E-state index in [0.29, 0.717) is 30.2 Å². The summed E-state index contributed by atoms with van der Waals surface area (Å²) in [7, 11) is 0. The minimum Gasteiger partial charge on any atom is -0.388 e. The molecular weight excluding hydrogens is 250 g/mol. The number of rotatable bonds is 1. The fourth-order valence-corrected chi connectivity index (χ4v) is 2.81. The summed E-state index contributed by atoms with van der Waals surface area (Å²) in [6.45, 7) is 0.761. The number of hydrogen-bond donors (Lipinski definition) is 2. The molecule has 0 amide bonds. The van der Waals surface area contributed by atoms with Crippen molar-refractivity contribution in [3.05, 3.63) is 12.7 Å². The van der Waals surface area contributed by atoms with Crippen molar-refractivity contribution >= 4 is 17.0 Å². The first-order valence-corrected chi connectivity index (χ1v) is 6.10. The van der Waals surface area contributed by atoms with Crippen LogP contribution in [0, 0.1) is 0 Å². The van der Waals surface area contributed by atoms with Crippen LogP contribution in [0.1, 0.15) is 6.04 Å². The Kier molecular flexibility index (Phi) is 2.25. The van der Waals surface area contributed by atoms with E-state index in [2.05, 4.69) is 15.0 Å². The smallest absolute Gasteiger partial charge is 0.165 e. The van der Waals surface area contributed by atoms with Gasteiger partial charge in [0.25, 0.3) is 0 Å². The van der Waals surface area contributed by atoms with Crippen LogP contribution in [-0.4, -0.2) is 56.2 Å². The van der Waals surface area contributed by atoms with Gasteiger partial charge in [0, 0.05) is 0 Å². The Bertz CT molecular complexity index is 630. The summed E-state index contributed by atoms with van der Waals surface area (Å²) < 4.78 is 13.1. The lowest BCUT2D eigenvalue weighted by Crippen LogP contribution is -2.30. The Morgan fingerprint density at radius 2 is 2.05 bits per heavy atom. The molecule has 2 aromatic heterocycles. The van der Waals surface area contributed by atoms with Crippen LogP contribution in [0.3, 0.4) is 0 Å². The third-order valence-electron chi connectivity index (χ3n) is 3.75. The Hall–Kier alpha value is -1.77. The summed E-state index contributed by atoms with van der Waals surface area (Å²) in [6.07, 6.45) is 2.06. The number of fused-ring (bicyclic) bond motifs is 2. The first-order valence-electron chi connectivity index (χ1n) is 6.10. The number of aliphatic hydroxyl groups is 1. The molecule has 2 aromatic rings. The van der Waals surface area contributed by atoms with E-state index in [4.69, 9.17) is 15.2 Å². The molecule has 2 unspecified atom stereocenters. The third kappa shape index (κ3) is 1.47. The molecule has 0 saturated carbocycles. The SMILES string of the molecule is Nc1ncnc2c1ncn2[C@H]1COC2C1OC[C@H]2O. The van der Waals surface area contributed by atoms with E-state index in [-0.39, 0.29) is 18.2 Å². The largest absolute Gasteiger partial charge is 0.388 e. The zero-order valence-corrected chi connectivity index (χ0v) is 10.0. The molecule has 2 saturated heterocycles. The maximum absolute atomic E-state index is 9.75. The Morgan fingerprint density at radius 3 is 2.95 bits per heavy atom. The van der Waals surface area contributed by atoms with Gasteiger partial charge in [0.15, 0.2) is 11.5 Å². The average Bonchev–Trinajstić information content (AvgIpc) is 3.06. The number of nitrogens with two attached hydrogens (primary N) is 1. The van der Waals surface area contributed by atoms with Crippen molar-refractivity contribution in [3.8, 4) is 0 Å². The van der Waals surface area contributed by atoms with Gasteiger partial charge >= 0.3 is 0 Å². The molecule has 100 valence electrons. The molecule has 2 aliphatic heterocycles. The Labute approximate surface area is 108 Å². The third-order valence-corrected chi connectivity index (χ3v) is 3.75. The minimum absolute atomic E-state index is 0.0542. The molecular formula is C11H13N5O3. The van der Waals surface area contributed by atoms with Crippen LogP contribution in [0.2, 0.25) is 0 Å². The van der Waals surface area contributed by atoms with Gasteiger partial charge in [0.1, 0.15) is 30.2 Å². The van der Waals surface area contributed by atoms with Gasteiger partial charge < -0.3 is 24.9 Å². The van der Waals surface area contributed by atoms with Crippen molar-refractivity contribution in [2.45, 2.75) is 24.4 Å². The van der Waals surface area contributed by atoms with Gasteiger partial charge in [0.05, 0.1) is 25.6 Å². The summed E-state index contributed by atoms with van der Waals surface area (Å²) in [5.74, 6) is 0.353. The number of anilines is 1. The zero-order chi connectivity index (χ0) is 13.0. The number of imidazole rings is 1. The molecule has 2 aliphatic rings. The Morgan fingerprint density at radius 1 is 1.21 bits per heavy atom. The average molecular weight is 263 g/mol. The highest BCUT2D eigenvalue weighted by atomic mass is 16.6. The summed E-state index contributed by atoms with van der Waals surface area (Å²) >= 11 is 0. The molecule has 0 bridgehead atoms. The molecule has 2 fully saturated rings. The highest BCUT2D eigenvalue weighted by molar-refractivity contribution is 5.81. The van der Waals surface area contributed by atoms with Gasteiger partial charge in [-0.15, -0.1) is 0 Å². The van der Waals surface area contributed by atoms with E-state index in [1.807, 2.05) is 4.57 Å². The summed E-state index contributed by atoms with van der Waals surface area (Å²) in [5, 5.41) is 9.75. The van der Waals surface area contributed by atoms with Crippen molar-refractivity contribution < 1.29 is 14.6 Å². The molecule has 0 aliphatic carbocycles. The molecule has 19 heavy (non-hydrogen) atoms. The number of nitrogens with zero attached hydrogens (tertiary/aromatic N) is 4. The number of aromatic nitrogens is 4. The van der Waals surface area contributed by atoms with Crippen molar-refractivity contribution in [3.63, 3.8) is 0 Å². The maximum atomic E-state index is 9.75. The van der Waals surface area contributed by atoms with Crippen molar-refractivity contribution in [1.82, 2.24) is 19.5 Å². The summed E-state index contributed by atoms with van der Waals surface area (Å²) in [6, 6.07) is -0.0542. The highest BCUT2D eigenvalue weighted by Crippen LogP contribution is 2.35. The highest BCUT2D eigenvalue weighted by Gasteiger charge is 2.48. The standard InChI is InChI=1S/C11H13N5O3/c12-10-7-11(14-3-13-10)16(4-15-7)5-1-18-9-6(17)2-19-8(5)9/h3-6,8-9,17H,1-2H2,(H2,12,13,14)/t5-,6+,8?,9?/m0/s1. The van der Waals surface area contributed by atoms with Crippen LogP contribution < -0.4 is 5.73 Å². The fraction of sp³-hybridized carbons (Fsp3) is 0.545. The number of aliphatic hydroxyl groups excluding tert-OH is 1. The van der Waals surface area contributed by atoms with Gasteiger partial charge in [-0.2, -0.15) is 0 Å². The predicted molar refractivity (Wildman–Crippen MR) is 64.3 cm³/mol. The lowest BCUT2D eigenvalue weighted by atomic mass is 10.1. The van der Waals surface area contributed by atoms with Crippen molar-refractivity contribution in [1.29, 1.82) is 0 Å². The second-order valence-electron chi connectivity index (χ2n) is 4.81. The normalized spacial score (nSPS) is 33.9. The van der Waals surface area contributed by atoms with Gasteiger partial charge in [0.2, 0.25) is 0 Å². The van der Waals surface area contributed by atoms with Crippen molar-refractivity contribution in [2.75, 3.05) is 18.9 Å². The van der Waals surface area contributed by atoms with Crippen LogP contribution in [0.25, 0.3) is 11.2 Å². The quantitative estimate of drug-likeness (QED) is 0.686. The lowest BCUT2D eigenvalue weighted by Gasteiger charge is -2.17. The van der Waals surface area contributed by atoms with Crippen LogP contribution in [0.15, 0.2) is 12.7 Å². The van der Waals surface area contributed by atoms with E-state index in [1.165, 1.54) is 6.33 Å². The van der Waals surface area contributed by atoms with Crippen LogP contribution >= 0.6 is 0 Å². The monoisotopic (exact) mass is 263 g/mol. The van der Waals surface area contributed by atoms with Gasteiger partial charge in [-0.05, 0) is 0 Å². The van der Waals surface area contributed by atoms with E-state index in [0.717, 1.165) is 0 Å². The molecule has 8 nitrogen and oxygen atoms in total. The van der Waals surface area contributed by atoms with Crippen LogP contribution in [0.5, 0.6) is 0 Å². The summed E-state index contributed by atoms with van der Waals surface area (Å²) in [4.78, 5) is 12.4. The van der Waals surface area contributed by atoms with E-state index < -0.39 is 6.10 Å². The molecule has 0 aromatic carbocycles. The molecule has 4 heterocycles. The molecule has 3 N–H and O–H groups in total. The number of hydrogen-bond acceptors (Lipinski definition) is 7. The molecule has 4 atom stereocenters. The summed E-state index contributed by atoms with van der Waals surface area (Å²) in [5.41, 5.74) is 7.00. The van der Waals surface area contributed by atoms with E-state index in [9.17, 15) is 5.11 Å². The van der Waals surface area contributed by atoms with Gasteiger partial charge in [-0.1, -0.05) is 0 Å². The van der Waals surface area contributed by atoms with E-state index in [1.54, 1.807) is 6.33 Å². The second kappa shape index (κ2) is 3.86. The zero-order valence-electron chi connectivity index (χ0n) is 10.0. The van der Waals surface area contributed by atoms with Crippen LogP contribution in [0.4, 0.5) is 5.82 Å². The second-order valence-corrected chi connectivity index (χ2v) is 4.81. The molecule has 0 spiro atoms. The van der Waals surface area contributed by atoms with Gasteiger partial charge in [-0.25, -0.2) is 15.0 Å².